The van der Waals surface area contributed by atoms with Crippen LogP contribution in [-0.4, -0.2) is 48.0 Å². The van der Waals surface area contributed by atoms with E-state index in [2.05, 4.69) is 15.9 Å². The van der Waals surface area contributed by atoms with E-state index in [1.165, 1.54) is 0 Å². The SMILES string of the molecule is CC1CN(C(=O)COc2ccccc2)CC(CBr)O1. The Bertz CT molecular complexity index is 412. The molecule has 1 amide bonds. The lowest BCUT2D eigenvalue weighted by molar-refractivity contribution is -0.144. The summed E-state index contributed by atoms with van der Waals surface area (Å²) in [6.45, 7) is 3.30. The molecule has 0 bridgehead atoms. The fraction of sp³-hybridized carbons (Fsp3) is 0.500. The number of para-hydroxylation sites is 1. The third kappa shape index (κ3) is 4.21. The second-order valence-electron chi connectivity index (χ2n) is 4.62. The number of nitrogens with zero attached hydrogens (tertiary/aromatic N) is 1. The van der Waals surface area contributed by atoms with Gasteiger partial charge in [0.25, 0.3) is 5.91 Å². The van der Waals surface area contributed by atoms with Gasteiger partial charge in [-0.1, -0.05) is 34.1 Å². The lowest BCUT2D eigenvalue weighted by Crippen LogP contribution is -2.51. The normalized spacial score (nSPS) is 23.2. The summed E-state index contributed by atoms with van der Waals surface area (Å²) >= 11 is 3.40. The fourth-order valence-electron chi connectivity index (χ4n) is 2.09. The molecule has 1 heterocycles. The molecule has 5 heteroatoms. The number of carbonyl (C=O) groups is 1. The average Bonchev–Trinajstić information content (AvgIpc) is 2.45. The molecular formula is C14H18BrNO3. The number of morpholine rings is 1. The Hall–Kier alpha value is -1.07. The molecule has 104 valence electrons. The van der Waals surface area contributed by atoms with Crippen molar-refractivity contribution in [1.82, 2.24) is 4.90 Å². The number of halogens is 1. The second kappa shape index (κ2) is 6.91. The van der Waals surface area contributed by atoms with Crippen molar-refractivity contribution >= 4 is 21.8 Å². The van der Waals surface area contributed by atoms with Gasteiger partial charge in [-0.3, -0.25) is 4.79 Å². The van der Waals surface area contributed by atoms with Crippen LogP contribution in [0.2, 0.25) is 0 Å². The van der Waals surface area contributed by atoms with Gasteiger partial charge < -0.3 is 14.4 Å². The van der Waals surface area contributed by atoms with Gasteiger partial charge in [0.05, 0.1) is 12.2 Å². The molecule has 0 aromatic heterocycles. The maximum absolute atomic E-state index is 12.1. The molecule has 1 fully saturated rings. The number of carbonyl (C=O) groups excluding carboxylic acids is 1. The maximum atomic E-state index is 12.1. The van der Waals surface area contributed by atoms with E-state index in [4.69, 9.17) is 9.47 Å². The predicted molar refractivity (Wildman–Crippen MR) is 76.6 cm³/mol. The van der Waals surface area contributed by atoms with Gasteiger partial charge in [-0.2, -0.15) is 0 Å². The molecule has 4 nitrogen and oxygen atoms in total. The van der Waals surface area contributed by atoms with Crippen LogP contribution < -0.4 is 4.74 Å². The highest BCUT2D eigenvalue weighted by atomic mass is 79.9. The molecule has 2 rings (SSSR count). The molecule has 0 radical (unpaired) electrons. The van der Waals surface area contributed by atoms with Crippen molar-refractivity contribution in [3.05, 3.63) is 30.3 Å². The third-order valence-electron chi connectivity index (χ3n) is 2.96. The van der Waals surface area contributed by atoms with Gasteiger partial charge in [-0.15, -0.1) is 0 Å². The zero-order valence-corrected chi connectivity index (χ0v) is 12.5. The van der Waals surface area contributed by atoms with Crippen molar-refractivity contribution in [3.8, 4) is 5.75 Å². The minimum atomic E-state index is 0.00459. The van der Waals surface area contributed by atoms with Gasteiger partial charge in [0.2, 0.25) is 0 Å². The Morgan fingerprint density at radius 2 is 2.16 bits per heavy atom. The molecule has 1 aromatic carbocycles. The quantitative estimate of drug-likeness (QED) is 0.795. The summed E-state index contributed by atoms with van der Waals surface area (Å²) < 4.78 is 11.2. The predicted octanol–water partition coefficient (Wildman–Crippen LogP) is 2.08. The van der Waals surface area contributed by atoms with E-state index in [0.29, 0.717) is 18.8 Å². The van der Waals surface area contributed by atoms with Crippen molar-refractivity contribution in [2.24, 2.45) is 0 Å². The number of rotatable bonds is 4. The van der Waals surface area contributed by atoms with Gasteiger partial charge in [-0.25, -0.2) is 0 Å². The molecular weight excluding hydrogens is 310 g/mol. The summed E-state index contributed by atoms with van der Waals surface area (Å²) in [5, 5.41) is 0.737. The van der Waals surface area contributed by atoms with Crippen LogP contribution in [0.4, 0.5) is 0 Å². The van der Waals surface area contributed by atoms with Crippen LogP contribution in [0.15, 0.2) is 30.3 Å². The Balaban J connectivity index is 1.85. The average molecular weight is 328 g/mol. The van der Waals surface area contributed by atoms with E-state index >= 15 is 0 Å². The number of hydrogen-bond donors (Lipinski definition) is 0. The minimum absolute atomic E-state index is 0.00459. The van der Waals surface area contributed by atoms with Crippen LogP contribution in [-0.2, 0) is 9.53 Å². The Labute approximate surface area is 121 Å². The highest BCUT2D eigenvalue weighted by molar-refractivity contribution is 9.09. The number of ether oxygens (including phenoxy) is 2. The van der Waals surface area contributed by atoms with Gasteiger partial charge in [-0.05, 0) is 19.1 Å². The van der Waals surface area contributed by atoms with Crippen LogP contribution in [0.1, 0.15) is 6.92 Å². The monoisotopic (exact) mass is 327 g/mol. The molecule has 0 spiro atoms. The van der Waals surface area contributed by atoms with Crippen LogP contribution >= 0.6 is 15.9 Å². The Morgan fingerprint density at radius 1 is 1.42 bits per heavy atom. The first-order valence-corrected chi connectivity index (χ1v) is 7.48. The van der Waals surface area contributed by atoms with E-state index < -0.39 is 0 Å². The Morgan fingerprint density at radius 3 is 2.84 bits per heavy atom. The van der Waals surface area contributed by atoms with E-state index in [1.807, 2.05) is 42.2 Å². The van der Waals surface area contributed by atoms with Crippen molar-refractivity contribution in [2.45, 2.75) is 19.1 Å². The highest BCUT2D eigenvalue weighted by Gasteiger charge is 2.27. The van der Waals surface area contributed by atoms with Crippen LogP contribution in [0.5, 0.6) is 5.75 Å². The molecule has 1 aromatic rings. The van der Waals surface area contributed by atoms with E-state index in [-0.39, 0.29) is 24.7 Å². The molecule has 2 unspecified atom stereocenters. The van der Waals surface area contributed by atoms with E-state index in [0.717, 1.165) is 5.33 Å². The molecule has 0 saturated carbocycles. The highest BCUT2D eigenvalue weighted by Crippen LogP contribution is 2.14. The summed E-state index contributed by atoms with van der Waals surface area (Å²) in [6.07, 6.45) is 0.126. The van der Waals surface area contributed by atoms with E-state index in [9.17, 15) is 4.79 Å². The van der Waals surface area contributed by atoms with Crippen molar-refractivity contribution in [3.63, 3.8) is 0 Å². The van der Waals surface area contributed by atoms with Crippen molar-refractivity contribution in [2.75, 3.05) is 25.0 Å². The first-order chi connectivity index (χ1) is 9.19. The topological polar surface area (TPSA) is 38.8 Å². The van der Waals surface area contributed by atoms with Crippen molar-refractivity contribution in [1.29, 1.82) is 0 Å². The Kier molecular flexibility index (Phi) is 5.22. The van der Waals surface area contributed by atoms with Gasteiger partial charge in [0, 0.05) is 18.4 Å². The summed E-state index contributed by atoms with van der Waals surface area (Å²) in [5.41, 5.74) is 0. The van der Waals surface area contributed by atoms with Gasteiger partial charge in [0.15, 0.2) is 6.61 Å². The maximum Gasteiger partial charge on any atom is 0.260 e. The standard InChI is InChI=1S/C14H18BrNO3/c1-11-8-16(9-13(7-15)19-11)14(17)10-18-12-5-3-2-4-6-12/h2-6,11,13H,7-10H2,1H3. The second-order valence-corrected chi connectivity index (χ2v) is 5.27. The van der Waals surface area contributed by atoms with Crippen LogP contribution in [0, 0.1) is 0 Å². The first-order valence-electron chi connectivity index (χ1n) is 6.36. The minimum Gasteiger partial charge on any atom is -0.484 e. The fourth-order valence-corrected chi connectivity index (χ4v) is 2.44. The molecule has 0 aliphatic carbocycles. The molecule has 1 aliphatic rings. The van der Waals surface area contributed by atoms with Gasteiger partial charge >= 0.3 is 0 Å². The first kappa shape index (κ1) is 14.3. The van der Waals surface area contributed by atoms with E-state index in [1.54, 1.807) is 0 Å². The summed E-state index contributed by atoms with van der Waals surface area (Å²) in [4.78, 5) is 13.9. The van der Waals surface area contributed by atoms with Crippen molar-refractivity contribution < 1.29 is 14.3 Å². The molecule has 1 saturated heterocycles. The summed E-state index contributed by atoms with van der Waals surface area (Å²) in [5.74, 6) is 0.721. The van der Waals surface area contributed by atoms with Crippen LogP contribution in [0.3, 0.4) is 0 Å². The summed E-state index contributed by atoms with van der Waals surface area (Å²) in [7, 11) is 0. The number of amides is 1. The third-order valence-corrected chi connectivity index (χ3v) is 3.68. The largest absolute Gasteiger partial charge is 0.484 e. The molecule has 19 heavy (non-hydrogen) atoms. The molecule has 0 N–H and O–H groups in total. The zero-order chi connectivity index (χ0) is 13.7. The summed E-state index contributed by atoms with van der Waals surface area (Å²) in [6, 6.07) is 9.38. The van der Waals surface area contributed by atoms with Gasteiger partial charge in [0.1, 0.15) is 5.75 Å². The number of hydrogen-bond acceptors (Lipinski definition) is 3. The smallest absolute Gasteiger partial charge is 0.260 e. The number of alkyl halides is 1. The molecule has 2 atom stereocenters. The molecule has 1 aliphatic heterocycles. The van der Waals surface area contributed by atoms with Crippen LogP contribution in [0.25, 0.3) is 0 Å². The number of benzene rings is 1. The zero-order valence-electron chi connectivity index (χ0n) is 10.9. The lowest BCUT2D eigenvalue weighted by Gasteiger charge is -2.36. The lowest BCUT2D eigenvalue weighted by atomic mass is 10.2.